The average molecular weight is 455 g/mol. The van der Waals surface area contributed by atoms with Crippen LogP contribution in [0.5, 0.6) is 0 Å². The molecule has 0 saturated heterocycles. The molecular formula is C26H31FN2O4. The van der Waals surface area contributed by atoms with Crippen LogP contribution >= 0.6 is 0 Å². The molecule has 2 aromatic carbocycles. The molecule has 0 fully saturated rings. The van der Waals surface area contributed by atoms with Crippen LogP contribution in [-0.4, -0.2) is 43.3 Å². The third-order valence-corrected chi connectivity index (χ3v) is 5.64. The molecule has 1 aromatic heterocycles. The van der Waals surface area contributed by atoms with E-state index in [-0.39, 0.29) is 18.2 Å². The smallest absolute Gasteiger partial charge is 0.305 e. The van der Waals surface area contributed by atoms with Gasteiger partial charge in [-0.2, -0.15) is 5.10 Å². The van der Waals surface area contributed by atoms with E-state index < -0.39 is 24.6 Å². The van der Waals surface area contributed by atoms with Crippen LogP contribution in [0, 0.1) is 12.7 Å². The fourth-order valence-electron chi connectivity index (χ4n) is 3.98. The molecule has 0 aliphatic heterocycles. The maximum absolute atomic E-state index is 13.6. The zero-order valence-electron chi connectivity index (χ0n) is 19.2. The monoisotopic (exact) mass is 454 g/mol. The van der Waals surface area contributed by atoms with E-state index in [9.17, 15) is 19.4 Å². The maximum Gasteiger partial charge on any atom is 0.305 e. The summed E-state index contributed by atoms with van der Waals surface area (Å²) in [7, 11) is 0. The second-order valence-electron chi connectivity index (χ2n) is 8.80. The van der Waals surface area contributed by atoms with Gasteiger partial charge in [-0.25, -0.2) is 9.07 Å². The minimum Gasteiger partial charge on any atom is -0.481 e. The van der Waals surface area contributed by atoms with Gasteiger partial charge in [0.15, 0.2) is 0 Å². The molecule has 3 N–H and O–H groups in total. The number of nitrogens with zero attached hydrogens (tertiary/aromatic N) is 2. The highest BCUT2D eigenvalue weighted by molar-refractivity contribution is 5.68. The lowest BCUT2D eigenvalue weighted by molar-refractivity contribution is -0.139. The van der Waals surface area contributed by atoms with E-state index >= 15 is 0 Å². The van der Waals surface area contributed by atoms with Crippen LogP contribution < -0.4 is 0 Å². The lowest BCUT2D eigenvalue weighted by atomic mass is 9.94. The van der Waals surface area contributed by atoms with Gasteiger partial charge in [0.25, 0.3) is 0 Å². The van der Waals surface area contributed by atoms with Crippen LogP contribution in [0.3, 0.4) is 0 Å². The van der Waals surface area contributed by atoms with E-state index in [1.165, 1.54) is 12.1 Å². The summed E-state index contributed by atoms with van der Waals surface area (Å²) in [5, 5.41) is 34.1. The number of carboxylic acid groups (broad SMARTS) is 1. The number of rotatable bonds is 10. The zero-order chi connectivity index (χ0) is 24.1. The Morgan fingerprint density at radius 2 is 1.67 bits per heavy atom. The van der Waals surface area contributed by atoms with Crippen molar-refractivity contribution in [3.63, 3.8) is 0 Å². The number of hydrogen-bond donors (Lipinski definition) is 3. The highest BCUT2D eigenvalue weighted by Gasteiger charge is 2.24. The van der Waals surface area contributed by atoms with Gasteiger partial charge in [-0.1, -0.05) is 31.5 Å². The Hall–Kier alpha value is -3.03. The standard InChI is InChI=1S/C26H31FN2O4/c1-16(2)25-23(13-12-21(30)14-22(31)15-24(32)33)26(18-6-8-19(27)9-7-18)29(28-25)20-10-4-17(3)5-11-20/h4-11,16,21-22,30-31H,12-15H2,1-3H3,(H,32,33)/t21-,22-/m1/s1. The molecule has 0 aliphatic carbocycles. The third kappa shape index (κ3) is 6.27. The largest absolute Gasteiger partial charge is 0.481 e. The Bertz CT molecular complexity index is 1070. The predicted octanol–water partition coefficient (Wildman–Crippen LogP) is 4.63. The number of benzene rings is 2. The van der Waals surface area contributed by atoms with Crippen LogP contribution in [-0.2, 0) is 11.2 Å². The lowest BCUT2D eigenvalue weighted by Crippen LogP contribution is -2.21. The van der Waals surface area contributed by atoms with Gasteiger partial charge >= 0.3 is 5.97 Å². The van der Waals surface area contributed by atoms with Crippen molar-refractivity contribution in [2.45, 2.75) is 64.6 Å². The Balaban J connectivity index is 2.01. The fourth-order valence-corrected chi connectivity index (χ4v) is 3.98. The minimum absolute atomic E-state index is 0.0126. The number of aryl methyl sites for hydroxylation is 1. The van der Waals surface area contributed by atoms with Crippen LogP contribution in [0.1, 0.15) is 55.8 Å². The molecule has 0 aliphatic rings. The SMILES string of the molecule is Cc1ccc(-n2nc(C(C)C)c(CC[C@@H](O)C[C@@H](O)CC(=O)O)c2-c2ccc(F)cc2)cc1. The van der Waals surface area contributed by atoms with Gasteiger partial charge in [-0.05, 0) is 68.5 Å². The molecule has 1 heterocycles. The topological polar surface area (TPSA) is 95.6 Å². The Morgan fingerprint density at radius 1 is 1.03 bits per heavy atom. The average Bonchev–Trinajstić information content (AvgIpc) is 3.12. The second kappa shape index (κ2) is 10.7. The number of hydrogen-bond acceptors (Lipinski definition) is 4. The first-order chi connectivity index (χ1) is 15.7. The molecule has 3 aromatic rings. The molecule has 0 bridgehead atoms. The van der Waals surface area contributed by atoms with Crippen molar-refractivity contribution in [2.75, 3.05) is 0 Å². The molecule has 0 amide bonds. The van der Waals surface area contributed by atoms with Crippen molar-refractivity contribution < 1.29 is 24.5 Å². The number of aliphatic carboxylic acids is 1. The van der Waals surface area contributed by atoms with E-state index in [1.54, 1.807) is 12.1 Å². The molecule has 176 valence electrons. The Morgan fingerprint density at radius 3 is 2.24 bits per heavy atom. The van der Waals surface area contributed by atoms with Gasteiger partial charge in [0.2, 0.25) is 0 Å². The summed E-state index contributed by atoms with van der Waals surface area (Å²) in [6.45, 7) is 6.11. The number of aliphatic hydroxyl groups excluding tert-OH is 2. The first kappa shape index (κ1) is 24.6. The van der Waals surface area contributed by atoms with E-state index in [0.29, 0.717) is 12.8 Å². The molecule has 0 saturated carbocycles. The van der Waals surface area contributed by atoms with Gasteiger partial charge in [0.05, 0.1) is 35.7 Å². The summed E-state index contributed by atoms with van der Waals surface area (Å²) in [5.41, 5.74) is 5.48. The number of carboxylic acids is 1. The number of aliphatic hydroxyl groups is 2. The summed E-state index contributed by atoms with van der Waals surface area (Å²) in [6.07, 6.45) is -1.56. The first-order valence-electron chi connectivity index (χ1n) is 11.2. The van der Waals surface area contributed by atoms with Crippen molar-refractivity contribution in [3.8, 4) is 16.9 Å². The van der Waals surface area contributed by atoms with Crippen molar-refractivity contribution >= 4 is 5.97 Å². The van der Waals surface area contributed by atoms with Gasteiger partial charge < -0.3 is 15.3 Å². The van der Waals surface area contributed by atoms with Crippen LogP contribution in [0.25, 0.3) is 16.9 Å². The summed E-state index contributed by atoms with van der Waals surface area (Å²) in [4.78, 5) is 10.8. The minimum atomic E-state index is -1.10. The normalized spacial score (nSPS) is 13.3. The molecule has 2 atom stereocenters. The predicted molar refractivity (Wildman–Crippen MR) is 125 cm³/mol. The Labute approximate surface area is 193 Å². The van der Waals surface area contributed by atoms with Gasteiger partial charge in [-0.15, -0.1) is 0 Å². The molecule has 33 heavy (non-hydrogen) atoms. The lowest BCUT2D eigenvalue weighted by Gasteiger charge is -2.16. The fraction of sp³-hybridized carbons (Fsp3) is 0.385. The second-order valence-corrected chi connectivity index (χ2v) is 8.80. The molecule has 0 radical (unpaired) electrons. The molecule has 0 spiro atoms. The molecule has 0 unspecified atom stereocenters. The molecule has 3 rings (SSSR count). The highest BCUT2D eigenvalue weighted by atomic mass is 19.1. The van der Waals surface area contributed by atoms with Crippen molar-refractivity contribution in [1.82, 2.24) is 9.78 Å². The van der Waals surface area contributed by atoms with Crippen LogP contribution in [0.4, 0.5) is 4.39 Å². The number of carbonyl (C=O) groups is 1. The first-order valence-corrected chi connectivity index (χ1v) is 11.2. The summed E-state index contributed by atoms with van der Waals surface area (Å²) in [6, 6.07) is 14.3. The number of halogens is 1. The van der Waals surface area contributed by atoms with Crippen molar-refractivity contribution in [3.05, 3.63) is 71.2 Å². The van der Waals surface area contributed by atoms with E-state index in [1.807, 2.05) is 49.7 Å². The third-order valence-electron chi connectivity index (χ3n) is 5.64. The van der Waals surface area contributed by atoms with Crippen molar-refractivity contribution in [1.29, 1.82) is 0 Å². The molecular weight excluding hydrogens is 423 g/mol. The summed E-state index contributed by atoms with van der Waals surface area (Å²) >= 11 is 0. The van der Waals surface area contributed by atoms with E-state index in [4.69, 9.17) is 10.2 Å². The molecule has 7 heteroatoms. The summed E-state index contributed by atoms with van der Waals surface area (Å²) < 4.78 is 15.5. The quantitative estimate of drug-likeness (QED) is 0.415. The highest BCUT2D eigenvalue weighted by Crippen LogP contribution is 2.34. The number of aromatic nitrogens is 2. The van der Waals surface area contributed by atoms with Crippen molar-refractivity contribution in [2.24, 2.45) is 0 Å². The zero-order valence-corrected chi connectivity index (χ0v) is 19.2. The summed E-state index contributed by atoms with van der Waals surface area (Å²) in [5.74, 6) is -1.32. The van der Waals surface area contributed by atoms with Gasteiger partial charge in [0, 0.05) is 11.1 Å². The van der Waals surface area contributed by atoms with Crippen LogP contribution in [0.15, 0.2) is 48.5 Å². The Kier molecular flexibility index (Phi) is 8.00. The van der Waals surface area contributed by atoms with Crippen LogP contribution in [0.2, 0.25) is 0 Å². The van der Waals surface area contributed by atoms with Gasteiger partial charge in [0.1, 0.15) is 5.82 Å². The van der Waals surface area contributed by atoms with Gasteiger partial charge in [-0.3, -0.25) is 4.79 Å². The maximum atomic E-state index is 13.6. The molecule has 6 nitrogen and oxygen atoms in total. The van der Waals surface area contributed by atoms with E-state index in [2.05, 4.69) is 0 Å². The van der Waals surface area contributed by atoms with E-state index in [0.717, 1.165) is 33.8 Å².